The van der Waals surface area contributed by atoms with E-state index in [9.17, 15) is 4.39 Å². The molecule has 0 aromatic heterocycles. The highest BCUT2D eigenvalue weighted by atomic mass is 19.1. The molecule has 98 valence electrons. The van der Waals surface area contributed by atoms with Crippen molar-refractivity contribution in [2.75, 3.05) is 7.05 Å². The fourth-order valence-corrected chi connectivity index (χ4v) is 3.16. The zero-order valence-electron chi connectivity index (χ0n) is 11.3. The average molecular weight is 255 g/mol. The Balaban J connectivity index is 1.95. The first-order chi connectivity index (χ1) is 9.20. The van der Waals surface area contributed by atoms with Crippen molar-refractivity contribution >= 4 is 0 Å². The maximum atomic E-state index is 13.2. The van der Waals surface area contributed by atoms with Crippen LogP contribution in [0, 0.1) is 12.7 Å². The summed E-state index contributed by atoms with van der Waals surface area (Å²) in [5.41, 5.74) is 5.07. The number of likely N-dealkylation sites (N-methyl/N-ethyl adjacent to an activating group) is 1. The summed E-state index contributed by atoms with van der Waals surface area (Å²) < 4.78 is 13.2. The molecular formula is C17H18FN. The maximum Gasteiger partial charge on any atom is 0.123 e. The van der Waals surface area contributed by atoms with Crippen LogP contribution < -0.4 is 5.32 Å². The standard InChI is InChI=1S/C17H18FN/c1-11-9-13(18)7-8-14(11)17(19-2)16-10-12-5-3-4-6-15(12)16/h3-9,16-17,19H,10H2,1-2H3. The zero-order valence-corrected chi connectivity index (χ0v) is 11.3. The molecule has 2 aromatic carbocycles. The summed E-state index contributed by atoms with van der Waals surface area (Å²) in [7, 11) is 1.98. The lowest BCUT2D eigenvalue weighted by molar-refractivity contribution is 0.436. The van der Waals surface area contributed by atoms with Crippen LogP contribution >= 0.6 is 0 Å². The molecule has 19 heavy (non-hydrogen) atoms. The van der Waals surface area contributed by atoms with E-state index in [2.05, 4.69) is 29.6 Å². The lowest BCUT2D eigenvalue weighted by Crippen LogP contribution is -2.31. The molecule has 0 aliphatic heterocycles. The van der Waals surface area contributed by atoms with Crippen LogP contribution in [0.25, 0.3) is 0 Å². The van der Waals surface area contributed by atoms with Gasteiger partial charge in [0.15, 0.2) is 0 Å². The molecule has 2 unspecified atom stereocenters. The molecule has 0 bridgehead atoms. The monoisotopic (exact) mass is 255 g/mol. The SMILES string of the molecule is CNC(c1ccc(F)cc1C)C1Cc2ccccc21. The highest BCUT2D eigenvalue weighted by Gasteiger charge is 2.33. The molecule has 0 heterocycles. The van der Waals surface area contributed by atoms with Crippen molar-refractivity contribution < 1.29 is 4.39 Å². The van der Waals surface area contributed by atoms with Crippen LogP contribution in [0.5, 0.6) is 0 Å². The van der Waals surface area contributed by atoms with Gasteiger partial charge in [-0.15, -0.1) is 0 Å². The van der Waals surface area contributed by atoms with Crippen molar-refractivity contribution in [1.29, 1.82) is 0 Å². The Morgan fingerprint density at radius 1 is 1.21 bits per heavy atom. The van der Waals surface area contributed by atoms with E-state index in [0.29, 0.717) is 5.92 Å². The fraction of sp³-hybridized carbons (Fsp3) is 0.294. The molecule has 2 heteroatoms. The van der Waals surface area contributed by atoms with Crippen LogP contribution in [0.3, 0.4) is 0 Å². The van der Waals surface area contributed by atoms with Gasteiger partial charge in [0.2, 0.25) is 0 Å². The number of benzene rings is 2. The second kappa shape index (κ2) is 4.78. The molecule has 1 nitrogen and oxygen atoms in total. The number of hydrogen-bond acceptors (Lipinski definition) is 1. The van der Waals surface area contributed by atoms with Crippen molar-refractivity contribution in [3.8, 4) is 0 Å². The van der Waals surface area contributed by atoms with Gasteiger partial charge in [0, 0.05) is 12.0 Å². The number of aryl methyl sites for hydroxylation is 1. The second-order valence-corrected chi connectivity index (χ2v) is 5.28. The van der Waals surface area contributed by atoms with E-state index in [1.807, 2.05) is 20.0 Å². The smallest absolute Gasteiger partial charge is 0.123 e. The summed E-state index contributed by atoms with van der Waals surface area (Å²) in [5, 5.41) is 3.40. The van der Waals surface area contributed by atoms with E-state index >= 15 is 0 Å². The summed E-state index contributed by atoms with van der Waals surface area (Å²) in [6.45, 7) is 1.98. The van der Waals surface area contributed by atoms with Crippen molar-refractivity contribution in [1.82, 2.24) is 5.32 Å². The van der Waals surface area contributed by atoms with Gasteiger partial charge < -0.3 is 5.32 Å². The molecule has 0 saturated carbocycles. The first kappa shape index (κ1) is 12.4. The van der Waals surface area contributed by atoms with Crippen molar-refractivity contribution in [2.45, 2.75) is 25.3 Å². The number of halogens is 1. The van der Waals surface area contributed by atoms with Crippen molar-refractivity contribution in [2.24, 2.45) is 0 Å². The van der Waals surface area contributed by atoms with E-state index in [4.69, 9.17) is 0 Å². The van der Waals surface area contributed by atoms with Gasteiger partial charge in [0.25, 0.3) is 0 Å². The van der Waals surface area contributed by atoms with Gasteiger partial charge in [0.05, 0.1) is 0 Å². The molecule has 1 aliphatic rings. The summed E-state index contributed by atoms with van der Waals surface area (Å²) in [6, 6.07) is 13.9. The normalized spacial score (nSPS) is 18.6. The average Bonchev–Trinajstić information content (AvgIpc) is 2.37. The second-order valence-electron chi connectivity index (χ2n) is 5.28. The molecule has 0 amide bonds. The first-order valence-electron chi connectivity index (χ1n) is 6.72. The maximum absolute atomic E-state index is 13.2. The molecule has 3 rings (SSSR count). The molecule has 1 N–H and O–H groups in total. The molecular weight excluding hydrogens is 237 g/mol. The van der Waals surface area contributed by atoms with Gasteiger partial charge in [-0.1, -0.05) is 30.3 Å². The molecule has 0 radical (unpaired) electrons. The topological polar surface area (TPSA) is 12.0 Å². The number of nitrogens with one attached hydrogen (secondary N) is 1. The third kappa shape index (κ3) is 2.06. The van der Waals surface area contributed by atoms with Crippen molar-refractivity contribution in [3.63, 3.8) is 0 Å². The largest absolute Gasteiger partial charge is 0.312 e. The Morgan fingerprint density at radius 2 is 2.00 bits per heavy atom. The Hall–Kier alpha value is -1.67. The number of rotatable bonds is 3. The van der Waals surface area contributed by atoms with Gasteiger partial charge in [-0.2, -0.15) is 0 Å². The van der Waals surface area contributed by atoms with Crippen molar-refractivity contribution in [3.05, 3.63) is 70.5 Å². The van der Waals surface area contributed by atoms with E-state index in [-0.39, 0.29) is 11.9 Å². The molecule has 2 atom stereocenters. The lowest BCUT2D eigenvalue weighted by Gasteiger charge is -2.37. The van der Waals surface area contributed by atoms with Crippen LogP contribution in [0.4, 0.5) is 4.39 Å². The van der Waals surface area contributed by atoms with E-state index < -0.39 is 0 Å². The summed E-state index contributed by atoms with van der Waals surface area (Å²) >= 11 is 0. The predicted octanol–water partition coefficient (Wildman–Crippen LogP) is 3.73. The van der Waals surface area contributed by atoms with E-state index in [1.165, 1.54) is 16.7 Å². The molecule has 2 aromatic rings. The minimum absolute atomic E-state index is 0.162. The van der Waals surface area contributed by atoms with Gasteiger partial charge in [-0.3, -0.25) is 0 Å². The number of hydrogen-bond donors (Lipinski definition) is 1. The van der Waals surface area contributed by atoms with Crippen LogP contribution in [0.15, 0.2) is 42.5 Å². The third-order valence-corrected chi connectivity index (χ3v) is 4.17. The van der Waals surface area contributed by atoms with Gasteiger partial charge in [-0.05, 0) is 54.8 Å². The Kier molecular flexibility index (Phi) is 3.11. The Labute approximate surface area is 113 Å². The number of fused-ring (bicyclic) bond motifs is 1. The summed E-state index contributed by atoms with van der Waals surface area (Å²) in [5.74, 6) is 0.329. The van der Waals surface area contributed by atoms with Crippen LogP contribution in [0.2, 0.25) is 0 Å². The van der Waals surface area contributed by atoms with Gasteiger partial charge in [0.1, 0.15) is 5.82 Å². The van der Waals surface area contributed by atoms with Crippen LogP contribution in [0.1, 0.15) is 34.2 Å². The summed E-state index contributed by atoms with van der Waals surface area (Å²) in [6.07, 6.45) is 1.10. The third-order valence-electron chi connectivity index (χ3n) is 4.17. The first-order valence-corrected chi connectivity index (χ1v) is 6.72. The molecule has 1 aliphatic carbocycles. The quantitative estimate of drug-likeness (QED) is 0.881. The molecule has 0 saturated heterocycles. The lowest BCUT2D eigenvalue weighted by atomic mass is 9.71. The van der Waals surface area contributed by atoms with Gasteiger partial charge >= 0.3 is 0 Å². The van der Waals surface area contributed by atoms with E-state index in [0.717, 1.165) is 12.0 Å². The minimum atomic E-state index is -0.162. The molecule has 0 spiro atoms. The summed E-state index contributed by atoms with van der Waals surface area (Å²) in [4.78, 5) is 0. The van der Waals surface area contributed by atoms with Crippen LogP contribution in [-0.4, -0.2) is 7.05 Å². The zero-order chi connectivity index (χ0) is 13.4. The minimum Gasteiger partial charge on any atom is -0.312 e. The highest BCUT2D eigenvalue weighted by Crippen LogP contribution is 2.43. The van der Waals surface area contributed by atoms with E-state index in [1.54, 1.807) is 12.1 Å². The highest BCUT2D eigenvalue weighted by molar-refractivity contribution is 5.44. The van der Waals surface area contributed by atoms with Gasteiger partial charge in [-0.25, -0.2) is 4.39 Å². The Bertz CT molecular complexity index is 606. The predicted molar refractivity (Wildman–Crippen MR) is 75.8 cm³/mol. The fourth-order valence-electron chi connectivity index (χ4n) is 3.16. The Morgan fingerprint density at radius 3 is 2.68 bits per heavy atom. The van der Waals surface area contributed by atoms with Crippen LogP contribution in [-0.2, 0) is 6.42 Å². The molecule has 0 fully saturated rings.